The van der Waals surface area contributed by atoms with Gasteiger partial charge in [-0.1, -0.05) is 23.2 Å². The van der Waals surface area contributed by atoms with Gasteiger partial charge in [-0.2, -0.15) is 0 Å². The quantitative estimate of drug-likeness (QED) is 0.865. The minimum atomic E-state index is -0.771. The van der Waals surface area contributed by atoms with E-state index < -0.39 is 5.97 Å². The molecule has 0 bridgehead atoms. The highest BCUT2D eigenvalue weighted by molar-refractivity contribution is 6.33. The summed E-state index contributed by atoms with van der Waals surface area (Å²) in [5, 5.41) is 10.4. The molecule has 0 saturated carbocycles. The molecular formula is C17H24Cl2N2O2. The zero-order valence-corrected chi connectivity index (χ0v) is 15.1. The molecule has 1 fully saturated rings. The summed E-state index contributed by atoms with van der Waals surface area (Å²) in [6, 6.07) is 6.10. The van der Waals surface area contributed by atoms with E-state index in [9.17, 15) is 4.79 Å². The average Bonchev–Trinajstić information content (AvgIpc) is 2.74. The van der Waals surface area contributed by atoms with Crippen LogP contribution in [0.15, 0.2) is 18.2 Å². The van der Waals surface area contributed by atoms with E-state index >= 15 is 0 Å². The van der Waals surface area contributed by atoms with Crippen LogP contribution in [0.4, 0.5) is 0 Å². The Bertz CT molecular complexity index is 553. The van der Waals surface area contributed by atoms with Crippen LogP contribution in [0.25, 0.3) is 0 Å². The lowest BCUT2D eigenvalue weighted by molar-refractivity contribution is -0.138. The molecule has 1 aromatic rings. The number of likely N-dealkylation sites (tertiary alicyclic amines) is 1. The normalized spacial score (nSPS) is 21.2. The Morgan fingerprint density at radius 1 is 1.39 bits per heavy atom. The number of halogens is 2. The van der Waals surface area contributed by atoms with Gasteiger partial charge >= 0.3 is 5.97 Å². The lowest BCUT2D eigenvalue weighted by Gasteiger charge is -2.29. The van der Waals surface area contributed by atoms with Gasteiger partial charge in [0.25, 0.3) is 0 Å². The van der Waals surface area contributed by atoms with Crippen molar-refractivity contribution >= 4 is 29.2 Å². The van der Waals surface area contributed by atoms with E-state index in [2.05, 4.69) is 11.8 Å². The van der Waals surface area contributed by atoms with E-state index in [4.69, 9.17) is 28.3 Å². The number of hydrogen-bond acceptors (Lipinski definition) is 3. The largest absolute Gasteiger partial charge is 0.480 e. The van der Waals surface area contributed by atoms with Crippen LogP contribution in [-0.4, -0.2) is 53.6 Å². The first-order chi connectivity index (χ1) is 10.9. The highest BCUT2D eigenvalue weighted by Gasteiger charge is 2.25. The van der Waals surface area contributed by atoms with Crippen molar-refractivity contribution in [2.24, 2.45) is 0 Å². The van der Waals surface area contributed by atoms with Gasteiger partial charge < -0.3 is 5.11 Å². The first-order valence-corrected chi connectivity index (χ1v) is 8.75. The monoisotopic (exact) mass is 358 g/mol. The number of nitrogens with zero attached hydrogens (tertiary/aromatic N) is 2. The van der Waals surface area contributed by atoms with Crippen LogP contribution in [0, 0.1) is 0 Å². The first kappa shape index (κ1) is 18.5. The average molecular weight is 359 g/mol. The predicted octanol–water partition coefficient (Wildman–Crippen LogP) is 3.93. The third kappa shape index (κ3) is 5.08. The van der Waals surface area contributed by atoms with Crippen molar-refractivity contribution in [1.29, 1.82) is 0 Å². The van der Waals surface area contributed by atoms with E-state index in [0.717, 1.165) is 42.9 Å². The molecule has 1 N–H and O–H groups in total. The number of rotatable bonds is 5. The lowest BCUT2D eigenvalue weighted by Crippen LogP contribution is -2.36. The van der Waals surface area contributed by atoms with Gasteiger partial charge in [-0.05, 0) is 63.5 Å². The SMILES string of the molecule is CC(c1cc(Cl)ccc1Cl)N1CCCC(N(C)CC(=O)O)CC1. The van der Waals surface area contributed by atoms with Crippen LogP contribution in [0.5, 0.6) is 0 Å². The molecular weight excluding hydrogens is 335 g/mol. The van der Waals surface area contributed by atoms with Crippen molar-refractivity contribution in [3.8, 4) is 0 Å². The summed E-state index contributed by atoms with van der Waals surface area (Å²) < 4.78 is 0. The van der Waals surface area contributed by atoms with Gasteiger partial charge in [-0.25, -0.2) is 0 Å². The molecule has 0 aliphatic carbocycles. The molecule has 1 aliphatic heterocycles. The first-order valence-electron chi connectivity index (χ1n) is 7.99. The second kappa shape index (κ2) is 8.34. The van der Waals surface area contributed by atoms with Gasteiger partial charge in [0, 0.05) is 28.7 Å². The molecule has 2 atom stereocenters. The van der Waals surface area contributed by atoms with E-state index in [-0.39, 0.29) is 12.6 Å². The van der Waals surface area contributed by atoms with Crippen LogP contribution < -0.4 is 0 Å². The smallest absolute Gasteiger partial charge is 0.317 e. The molecule has 2 rings (SSSR count). The zero-order chi connectivity index (χ0) is 17.0. The predicted molar refractivity (Wildman–Crippen MR) is 94.4 cm³/mol. The number of carbonyl (C=O) groups is 1. The fourth-order valence-corrected chi connectivity index (χ4v) is 3.76. The van der Waals surface area contributed by atoms with E-state index in [1.807, 2.05) is 24.1 Å². The van der Waals surface area contributed by atoms with Gasteiger partial charge in [0.15, 0.2) is 0 Å². The summed E-state index contributed by atoms with van der Waals surface area (Å²) in [7, 11) is 1.89. The number of likely N-dealkylation sites (N-methyl/N-ethyl adjacent to an activating group) is 1. The minimum absolute atomic E-state index is 0.0976. The Labute approximate surface area is 148 Å². The molecule has 0 radical (unpaired) electrons. The second-order valence-corrected chi connectivity index (χ2v) is 7.11. The van der Waals surface area contributed by atoms with Crippen molar-refractivity contribution < 1.29 is 9.90 Å². The molecule has 0 aromatic heterocycles. The summed E-state index contributed by atoms with van der Waals surface area (Å²) in [6.45, 7) is 4.17. The van der Waals surface area contributed by atoms with E-state index in [1.165, 1.54) is 0 Å². The van der Waals surface area contributed by atoms with E-state index in [0.29, 0.717) is 11.1 Å². The van der Waals surface area contributed by atoms with Crippen molar-refractivity contribution in [2.45, 2.75) is 38.3 Å². The summed E-state index contributed by atoms with van der Waals surface area (Å²) in [5.74, 6) is -0.771. The maximum Gasteiger partial charge on any atom is 0.317 e. The summed E-state index contributed by atoms with van der Waals surface area (Å²) in [6.07, 6.45) is 3.04. The van der Waals surface area contributed by atoms with Crippen molar-refractivity contribution in [2.75, 3.05) is 26.7 Å². The third-order valence-corrected chi connectivity index (χ3v) is 5.28. The van der Waals surface area contributed by atoms with Crippen LogP contribution >= 0.6 is 23.2 Å². The second-order valence-electron chi connectivity index (χ2n) is 6.27. The molecule has 6 heteroatoms. The molecule has 0 amide bonds. The minimum Gasteiger partial charge on any atom is -0.480 e. The number of benzene rings is 1. The van der Waals surface area contributed by atoms with Gasteiger partial charge in [0.1, 0.15) is 0 Å². The Kier molecular flexibility index (Phi) is 6.72. The van der Waals surface area contributed by atoms with Crippen molar-refractivity contribution in [1.82, 2.24) is 9.80 Å². The molecule has 1 heterocycles. The molecule has 0 spiro atoms. The number of carboxylic acid groups (broad SMARTS) is 1. The number of carboxylic acids is 1. The number of hydrogen-bond donors (Lipinski definition) is 1. The zero-order valence-electron chi connectivity index (χ0n) is 13.6. The molecule has 1 aliphatic rings. The Morgan fingerprint density at radius 3 is 2.83 bits per heavy atom. The van der Waals surface area contributed by atoms with E-state index in [1.54, 1.807) is 6.07 Å². The van der Waals surface area contributed by atoms with Crippen molar-refractivity contribution in [3.05, 3.63) is 33.8 Å². The number of aliphatic carboxylic acids is 1. The Hall–Kier alpha value is -0.810. The standard InChI is InChI=1S/C17H24Cl2N2O2/c1-12(15-10-13(18)5-6-16(15)19)21-8-3-4-14(7-9-21)20(2)11-17(22)23/h5-6,10,12,14H,3-4,7-9,11H2,1-2H3,(H,22,23). The van der Waals surface area contributed by atoms with Gasteiger partial charge in [-0.3, -0.25) is 14.6 Å². The van der Waals surface area contributed by atoms with Gasteiger partial charge in [0.2, 0.25) is 0 Å². The molecule has 2 unspecified atom stereocenters. The molecule has 1 saturated heterocycles. The Morgan fingerprint density at radius 2 is 2.13 bits per heavy atom. The fraction of sp³-hybridized carbons (Fsp3) is 0.588. The Balaban J connectivity index is 2.02. The molecule has 23 heavy (non-hydrogen) atoms. The molecule has 1 aromatic carbocycles. The van der Waals surface area contributed by atoms with Crippen LogP contribution in [0.2, 0.25) is 10.0 Å². The van der Waals surface area contributed by atoms with Crippen LogP contribution in [-0.2, 0) is 4.79 Å². The molecule has 128 valence electrons. The molecule has 4 nitrogen and oxygen atoms in total. The van der Waals surface area contributed by atoms with Crippen LogP contribution in [0.3, 0.4) is 0 Å². The van der Waals surface area contributed by atoms with Crippen LogP contribution in [0.1, 0.15) is 37.8 Å². The highest BCUT2D eigenvalue weighted by atomic mass is 35.5. The maximum absolute atomic E-state index is 10.9. The lowest BCUT2D eigenvalue weighted by atomic mass is 10.1. The highest BCUT2D eigenvalue weighted by Crippen LogP contribution is 2.31. The summed E-state index contributed by atoms with van der Waals surface area (Å²) in [4.78, 5) is 15.2. The maximum atomic E-state index is 10.9. The topological polar surface area (TPSA) is 43.8 Å². The van der Waals surface area contributed by atoms with Crippen molar-refractivity contribution in [3.63, 3.8) is 0 Å². The summed E-state index contributed by atoms with van der Waals surface area (Å²) >= 11 is 12.4. The fourth-order valence-electron chi connectivity index (χ4n) is 3.30. The summed E-state index contributed by atoms with van der Waals surface area (Å²) in [5.41, 5.74) is 1.05. The van der Waals surface area contributed by atoms with Gasteiger partial charge in [0.05, 0.1) is 6.54 Å². The van der Waals surface area contributed by atoms with Gasteiger partial charge in [-0.15, -0.1) is 0 Å². The third-order valence-electron chi connectivity index (χ3n) is 4.70.